The van der Waals surface area contributed by atoms with Crippen molar-refractivity contribution in [2.24, 2.45) is 0 Å². The van der Waals surface area contributed by atoms with Crippen LogP contribution in [0.25, 0.3) is 0 Å². The molecular formula is C13H17ClN2O2. The van der Waals surface area contributed by atoms with Crippen LogP contribution >= 0.6 is 11.6 Å². The van der Waals surface area contributed by atoms with Gasteiger partial charge in [0.1, 0.15) is 0 Å². The van der Waals surface area contributed by atoms with E-state index in [1.165, 1.54) is 0 Å². The zero-order valence-corrected chi connectivity index (χ0v) is 11.1. The number of benzene rings is 1. The predicted molar refractivity (Wildman–Crippen MR) is 70.4 cm³/mol. The zero-order valence-electron chi connectivity index (χ0n) is 10.3. The van der Waals surface area contributed by atoms with Gasteiger partial charge < -0.3 is 15.2 Å². The smallest absolute Gasteiger partial charge is 0.0992 e. The maximum absolute atomic E-state index is 8.93. The van der Waals surface area contributed by atoms with E-state index in [4.69, 9.17) is 26.7 Å². The Morgan fingerprint density at radius 2 is 2.33 bits per heavy atom. The number of aliphatic hydroxyl groups excluding tert-OH is 1. The summed E-state index contributed by atoms with van der Waals surface area (Å²) in [5.41, 5.74) is 1.47. The van der Waals surface area contributed by atoms with Gasteiger partial charge in [0.25, 0.3) is 0 Å². The molecule has 0 fully saturated rings. The fourth-order valence-corrected chi connectivity index (χ4v) is 1.86. The molecule has 0 spiro atoms. The minimum Gasteiger partial charge on any atom is -0.396 e. The van der Waals surface area contributed by atoms with Gasteiger partial charge in [0.15, 0.2) is 0 Å². The molecule has 0 bridgehead atoms. The standard InChI is InChI=1S/C13H17ClN2O2/c1-18-9-12(4-5-17)16-8-11-3-2-10(7-15)6-13(11)14/h2-3,6,12,16-17H,4-5,8-9H2,1H3. The monoisotopic (exact) mass is 268 g/mol. The van der Waals surface area contributed by atoms with E-state index in [9.17, 15) is 0 Å². The van der Waals surface area contributed by atoms with Gasteiger partial charge in [-0.15, -0.1) is 0 Å². The van der Waals surface area contributed by atoms with Gasteiger partial charge in [-0.2, -0.15) is 5.26 Å². The fourth-order valence-electron chi connectivity index (χ4n) is 1.62. The van der Waals surface area contributed by atoms with Gasteiger partial charge in [0.05, 0.1) is 18.2 Å². The number of halogens is 1. The van der Waals surface area contributed by atoms with Crippen LogP contribution in [0.2, 0.25) is 5.02 Å². The summed E-state index contributed by atoms with van der Waals surface area (Å²) in [4.78, 5) is 0. The molecule has 1 aromatic carbocycles. The molecule has 18 heavy (non-hydrogen) atoms. The van der Waals surface area contributed by atoms with E-state index in [1.54, 1.807) is 19.2 Å². The maximum Gasteiger partial charge on any atom is 0.0992 e. The third-order valence-corrected chi connectivity index (χ3v) is 2.96. The molecule has 0 heterocycles. The molecule has 0 saturated heterocycles. The van der Waals surface area contributed by atoms with Crippen molar-refractivity contribution >= 4 is 11.6 Å². The highest BCUT2D eigenvalue weighted by Gasteiger charge is 2.08. The normalized spacial score (nSPS) is 12.1. The number of nitrogens with one attached hydrogen (secondary N) is 1. The minimum absolute atomic E-state index is 0.0895. The largest absolute Gasteiger partial charge is 0.396 e. The molecule has 0 aliphatic carbocycles. The lowest BCUT2D eigenvalue weighted by atomic mass is 10.1. The molecule has 98 valence electrons. The highest BCUT2D eigenvalue weighted by molar-refractivity contribution is 6.31. The van der Waals surface area contributed by atoms with Gasteiger partial charge in [-0.05, 0) is 24.1 Å². The third-order valence-electron chi connectivity index (χ3n) is 2.61. The number of aliphatic hydroxyl groups is 1. The number of ether oxygens (including phenoxy) is 1. The number of hydrogen-bond acceptors (Lipinski definition) is 4. The lowest BCUT2D eigenvalue weighted by molar-refractivity contribution is 0.148. The van der Waals surface area contributed by atoms with Crippen LogP contribution in [0, 0.1) is 11.3 Å². The van der Waals surface area contributed by atoms with E-state index < -0.39 is 0 Å². The Labute approximate surface area is 112 Å². The van der Waals surface area contributed by atoms with Crippen LogP contribution in [0.15, 0.2) is 18.2 Å². The van der Waals surface area contributed by atoms with Crippen LogP contribution in [-0.2, 0) is 11.3 Å². The first-order valence-corrected chi connectivity index (χ1v) is 6.10. The molecule has 0 radical (unpaired) electrons. The molecule has 0 amide bonds. The first-order valence-electron chi connectivity index (χ1n) is 5.73. The minimum atomic E-state index is 0.0895. The molecule has 0 aromatic heterocycles. The van der Waals surface area contributed by atoms with E-state index in [0.29, 0.717) is 30.2 Å². The summed E-state index contributed by atoms with van der Waals surface area (Å²) < 4.78 is 5.06. The number of nitrogens with zero attached hydrogens (tertiary/aromatic N) is 1. The van der Waals surface area contributed by atoms with Gasteiger partial charge in [0, 0.05) is 31.3 Å². The SMILES string of the molecule is COCC(CCO)NCc1ccc(C#N)cc1Cl. The Morgan fingerprint density at radius 3 is 2.89 bits per heavy atom. The lowest BCUT2D eigenvalue weighted by Crippen LogP contribution is -2.33. The fraction of sp³-hybridized carbons (Fsp3) is 0.462. The second-order valence-electron chi connectivity index (χ2n) is 3.96. The summed E-state index contributed by atoms with van der Waals surface area (Å²) in [5, 5.41) is 21.5. The van der Waals surface area contributed by atoms with E-state index in [2.05, 4.69) is 5.32 Å². The summed E-state index contributed by atoms with van der Waals surface area (Å²) in [6.07, 6.45) is 0.627. The molecule has 0 saturated carbocycles. The van der Waals surface area contributed by atoms with Crippen molar-refractivity contribution in [2.75, 3.05) is 20.3 Å². The second kappa shape index (κ2) is 8.06. The van der Waals surface area contributed by atoms with E-state index >= 15 is 0 Å². The summed E-state index contributed by atoms with van der Waals surface area (Å²) in [6.45, 7) is 1.23. The second-order valence-corrected chi connectivity index (χ2v) is 4.37. The van der Waals surface area contributed by atoms with Crippen molar-refractivity contribution in [3.05, 3.63) is 34.3 Å². The molecule has 1 aromatic rings. The van der Waals surface area contributed by atoms with Crippen LogP contribution in [0.5, 0.6) is 0 Å². The van der Waals surface area contributed by atoms with Gasteiger partial charge in [-0.3, -0.25) is 0 Å². The van der Waals surface area contributed by atoms with Crippen LogP contribution in [-0.4, -0.2) is 31.5 Å². The summed E-state index contributed by atoms with van der Waals surface area (Å²) in [7, 11) is 1.63. The predicted octanol–water partition coefficient (Wildman–Crippen LogP) is 1.70. The van der Waals surface area contributed by atoms with Crippen LogP contribution in [0.1, 0.15) is 17.5 Å². The number of methoxy groups -OCH3 is 1. The Kier molecular flexibility index (Phi) is 6.69. The number of hydrogen-bond donors (Lipinski definition) is 2. The first-order chi connectivity index (χ1) is 8.71. The number of rotatable bonds is 7. The highest BCUT2D eigenvalue weighted by Crippen LogP contribution is 2.17. The van der Waals surface area contributed by atoms with Crippen molar-refractivity contribution in [3.63, 3.8) is 0 Å². The zero-order chi connectivity index (χ0) is 13.4. The highest BCUT2D eigenvalue weighted by atomic mass is 35.5. The third kappa shape index (κ3) is 4.63. The van der Waals surface area contributed by atoms with E-state index in [1.807, 2.05) is 12.1 Å². The Balaban J connectivity index is 2.59. The maximum atomic E-state index is 8.93. The Bertz CT molecular complexity index is 412. The van der Waals surface area contributed by atoms with Crippen molar-refractivity contribution in [1.29, 1.82) is 5.26 Å². The summed E-state index contributed by atoms with van der Waals surface area (Å²) in [5.74, 6) is 0. The lowest BCUT2D eigenvalue weighted by Gasteiger charge is -2.17. The molecule has 0 aliphatic heterocycles. The van der Waals surface area contributed by atoms with Crippen molar-refractivity contribution < 1.29 is 9.84 Å². The Morgan fingerprint density at radius 1 is 1.56 bits per heavy atom. The van der Waals surface area contributed by atoms with Gasteiger partial charge in [-0.1, -0.05) is 17.7 Å². The Hall–Kier alpha value is -1.12. The molecule has 0 aliphatic rings. The molecule has 5 heteroatoms. The van der Waals surface area contributed by atoms with E-state index in [0.717, 1.165) is 5.56 Å². The molecular weight excluding hydrogens is 252 g/mol. The summed E-state index contributed by atoms with van der Waals surface area (Å²) in [6, 6.07) is 7.35. The van der Waals surface area contributed by atoms with Crippen LogP contribution in [0.4, 0.5) is 0 Å². The number of nitriles is 1. The molecule has 2 N–H and O–H groups in total. The van der Waals surface area contributed by atoms with Crippen molar-refractivity contribution in [3.8, 4) is 6.07 Å². The van der Waals surface area contributed by atoms with Gasteiger partial charge >= 0.3 is 0 Å². The topological polar surface area (TPSA) is 65.3 Å². The van der Waals surface area contributed by atoms with Gasteiger partial charge in [0.2, 0.25) is 0 Å². The molecule has 4 nitrogen and oxygen atoms in total. The average molecular weight is 269 g/mol. The quantitative estimate of drug-likeness (QED) is 0.790. The van der Waals surface area contributed by atoms with E-state index in [-0.39, 0.29) is 12.6 Å². The molecule has 1 rings (SSSR count). The average Bonchev–Trinajstić information content (AvgIpc) is 2.37. The van der Waals surface area contributed by atoms with Crippen LogP contribution < -0.4 is 5.32 Å². The molecule has 1 unspecified atom stereocenters. The summed E-state index contributed by atoms with van der Waals surface area (Å²) >= 11 is 6.07. The molecule has 1 atom stereocenters. The first kappa shape index (κ1) is 14.9. The van der Waals surface area contributed by atoms with Crippen molar-refractivity contribution in [1.82, 2.24) is 5.32 Å². The van der Waals surface area contributed by atoms with Crippen molar-refractivity contribution in [2.45, 2.75) is 19.0 Å². The van der Waals surface area contributed by atoms with Crippen LogP contribution in [0.3, 0.4) is 0 Å². The van der Waals surface area contributed by atoms with Gasteiger partial charge in [-0.25, -0.2) is 0 Å².